The molecule has 1 aliphatic carbocycles. The molecule has 0 spiro atoms. The first-order valence-electron chi connectivity index (χ1n) is 10.2. The Balaban J connectivity index is 2.30. The van der Waals surface area contributed by atoms with E-state index in [4.69, 9.17) is 9.47 Å². The van der Waals surface area contributed by atoms with Crippen molar-refractivity contribution >= 4 is 17.7 Å². The van der Waals surface area contributed by atoms with E-state index in [2.05, 4.69) is 5.16 Å². The van der Waals surface area contributed by atoms with Crippen LogP contribution in [0.2, 0.25) is 0 Å². The molecular weight excluding hydrogens is 382 g/mol. The molecule has 0 aromatic heterocycles. The fraction of sp³-hybridized carbons (Fsp3) is 0.375. The Morgan fingerprint density at radius 1 is 0.867 bits per heavy atom. The summed E-state index contributed by atoms with van der Waals surface area (Å²) in [4.78, 5) is 27.1. The summed E-state index contributed by atoms with van der Waals surface area (Å²) in [5.74, 6) is -2.41. The van der Waals surface area contributed by atoms with Gasteiger partial charge in [0.25, 0.3) is 0 Å². The summed E-state index contributed by atoms with van der Waals surface area (Å²) >= 11 is 0. The predicted molar refractivity (Wildman–Crippen MR) is 113 cm³/mol. The minimum atomic E-state index is -1.59. The highest BCUT2D eigenvalue weighted by Gasteiger charge is 2.63. The Hall–Kier alpha value is -3.15. The molecule has 2 unspecified atom stereocenters. The minimum absolute atomic E-state index is 0.143. The van der Waals surface area contributed by atoms with E-state index in [9.17, 15) is 14.8 Å². The lowest BCUT2D eigenvalue weighted by molar-refractivity contribution is -0.177. The van der Waals surface area contributed by atoms with Crippen LogP contribution in [0.25, 0.3) is 0 Å². The number of rotatable bonds is 6. The van der Waals surface area contributed by atoms with Gasteiger partial charge in [-0.3, -0.25) is 9.59 Å². The molecule has 0 radical (unpaired) electrons. The van der Waals surface area contributed by atoms with Crippen molar-refractivity contribution < 1.29 is 24.3 Å². The van der Waals surface area contributed by atoms with Gasteiger partial charge in [0.15, 0.2) is 5.41 Å². The average Bonchev–Trinajstić information content (AvgIpc) is 2.79. The monoisotopic (exact) mass is 409 g/mol. The molecule has 1 N–H and O–H groups in total. The van der Waals surface area contributed by atoms with Crippen LogP contribution < -0.4 is 0 Å². The van der Waals surface area contributed by atoms with Gasteiger partial charge in [-0.1, -0.05) is 65.8 Å². The van der Waals surface area contributed by atoms with Gasteiger partial charge in [-0.2, -0.15) is 0 Å². The van der Waals surface area contributed by atoms with Crippen LogP contribution in [0.15, 0.2) is 65.8 Å². The van der Waals surface area contributed by atoms with Gasteiger partial charge in [-0.05, 0) is 37.8 Å². The first-order chi connectivity index (χ1) is 14.6. The van der Waals surface area contributed by atoms with Gasteiger partial charge in [0.2, 0.25) is 0 Å². The van der Waals surface area contributed by atoms with E-state index in [1.165, 1.54) is 0 Å². The van der Waals surface area contributed by atoms with Crippen LogP contribution in [0.3, 0.4) is 0 Å². The van der Waals surface area contributed by atoms with E-state index in [0.717, 1.165) is 11.1 Å². The lowest BCUT2D eigenvalue weighted by Gasteiger charge is -2.45. The quantitative estimate of drug-likeness (QED) is 0.333. The third-order valence-corrected chi connectivity index (χ3v) is 5.75. The molecule has 2 aromatic carbocycles. The summed E-state index contributed by atoms with van der Waals surface area (Å²) in [5.41, 5.74) is 0.519. The standard InChI is InChI=1S/C24H27NO5/c1-3-29-22(26)24(23(27)30-4-2)20(17-11-7-5-8-12-17)15-19(25-28)16-21(24)18-13-9-6-10-14-18/h5-14,20-21,28H,3-4,15-16H2,1-2H3. The average molecular weight is 409 g/mol. The molecule has 30 heavy (non-hydrogen) atoms. The van der Waals surface area contributed by atoms with Crippen LogP contribution in [-0.2, 0) is 19.1 Å². The molecule has 3 rings (SSSR count). The van der Waals surface area contributed by atoms with Crippen molar-refractivity contribution in [3.8, 4) is 0 Å². The first kappa shape index (κ1) is 21.6. The van der Waals surface area contributed by atoms with Gasteiger partial charge in [-0.15, -0.1) is 0 Å². The topological polar surface area (TPSA) is 85.2 Å². The SMILES string of the molecule is CCOC(=O)C1(C(=O)OCC)C(c2ccccc2)CC(=NO)CC1c1ccccc1. The maximum atomic E-state index is 13.6. The molecule has 0 saturated heterocycles. The Morgan fingerprint density at radius 3 is 1.60 bits per heavy atom. The maximum Gasteiger partial charge on any atom is 0.324 e. The zero-order valence-corrected chi connectivity index (χ0v) is 17.3. The number of hydrogen-bond donors (Lipinski definition) is 1. The van der Waals surface area contributed by atoms with E-state index < -0.39 is 29.2 Å². The highest BCUT2D eigenvalue weighted by atomic mass is 16.6. The predicted octanol–water partition coefficient (Wildman–Crippen LogP) is 4.29. The Morgan fingerprint density at radius 2 is 1.27 bits per heavy atom. The maximum absolute atomic E-state index is 13.6. The fourth-order valence-corrected chi connectivity index (χ4v) is 4.49. The summed E-state index contributed by atoms with van der Waals surface area (Å²) in [6.45, 7) is 3.72. The zero-order valence-electron chi connectivity index (χ0n) is 17.3. The lowest BCUT2D eigenvalue weighted by atomic mass is 9.55. The molecule has 0 amide bonds. The first-order valence-corrected chi connectivity index (χ1v) is 10.2. The highest BCUT2D eigenvalue weighted by Crippen LogP contribution is 2.55. The molecule has 158 valence electrons. The molecule has 6 nitrogen and oxygen atoms in total. The van der Waals surface area contributed by atoms with E-state index in [-0.39, 0.29) is 26.1 Å². The molecule has 1 aliphatic rings. The third kappa shape index (κ3) is 3.82. The molecule has 0 aliphatic heterocycles. The molecule has 0 heterocycles. The van der Waals surface area contributed by atoms with Crippen molar-refractivity contribution in [2.75, 3.05) is 13.2 Å². The molecule has 2 atom stereocenters. The van der Waals surface area contributed by atoms with Crippen LogP contribution in [0.1, 0.15) is 49.7 Å². The Kier molecular flexibility index (Phi) is 6.87. The van der Waals surface area contributed by atoms with E-state index in [0.29, 0.717) is 5.71 Å². The summed E-state index contributed by atoms with van der Waals surface area (Å²) in [6.07, 6.45) is 0.503. The van der Waals surface area contributed by atoms with Crippen LogP contribution in [0.4, 0.5) is 0 Å². The highest BCUT2D eigenvalue weighted by molar-refractivity contribution is 6.05. The van der Waals surface area contributed by atoms with Gasteiger partial charge >= 0.3 is 11.9 Å². The van der Waals surface area contributed by atoms with Crippen molar-refractivity contribution in [1.29, 1.82) is 0 Å². The second-order valence-corrected chi connectivity index (χ2v) is 7.31. The number of benzene rings is 2. The number of ether oxygens (including phenoxy) is 2. The second kappa shape index (κ2) is 9.57. The van der Waals surface area contributed by atoms with Crippen LogP contribution in [0.5, 0.6) is 0 Å². The minimum Gasteiger partial charge on any atom is -0.465 e. The van der Waals surface area contributed by atoms with Gasteiger partial charge in [0, 0.05) is 11.8 Å². The zero-order chi connectivity index (χ0) is 21.6. The smallest absolute Gasteiger partial charge is 0.324 e. The van der Waals surface area contributed by atoms with Crippen molar-refractivity contribution in [1.82, 2.24) is 0 Å². The third-order valence-electron chi connectivity index (χ3n) is 5.75. The van der Waals surface area contributed by atoms with E-state index in [1.807, 2.05) is 60.7 Å². The largest absolute Gasteiger partial charge is 0.465 e. The molecular formula is C24H27NO5. The summed E-state index contributed by atoms with van der Waals surface area (Å²) in [7, 11) is 0. The van der Waals surface area contributed by atoms with Crippen molar-refractivity contribution in [3.05, 3.63) is 71.8 Å². The number of carbonyl (C=O) groups excluding carboxylic acids is 2. The summed E-state index contributed by atoms with van der Waals surface area (Å²) in [6, 6.07) is 18.7. The van der Waals surface area contributed by atoms with Gasteiger partial charge in [0.05, 0.1) is 18.9 Å². The normalized spacial score (nSPS) is 20.3. The number of esters is 2. The van der Waals surface area contributed by atoms with Crippen LogP contribution in [0, 0.1) is 5.41 Å². The van der Waals surface area contributed by atoms with E-state index >= 15 is 0 Å². The number of hydrogen-bond acceptors (Lipinski definition) is 6. The Bertz CT molecular complexity index is 823. The molecule has 0 bridgehead atoms. The number of carbonyl (C=O) groups is 2. The van der Waals surface area contributed by atoms with Gasteiger partial charge in [0.1, 0.15) is 0 Å². The Labute approximate surface area is 176 Å². The summed E-state index contributed by atoms with van der Waals surface area (Å²) < 4.78 is 11.0. The fourth-order valence-electron chi connectivity index (χ4n) is 4.49. The molecule has 2 aromatic rings. The molecule has 1 saturated carbocycles. The number of nitrogens with zero attached hydrogens (tertiary/aromatic N) is 1. The van der Waals surface area contributed by atoms with Crippen molar-refractivity contribution in [2.24, 2.45) is 10.6 Å². The van der Waals surface area contributed by atoms with E-state index in [1.54, 1.807) is 13.8 Å². The lowest BCUT2D eigenvalue weighted by Crippen LogP contribution is -2.54. The van der Waals surface area contributed by atoms with Gasteiger partial charge in [-0.25, -0.2) is 0 Å². The second-order valence-electron chi connectivity index (χ2n) is 7.31. The van der Waals surface area contributed by atoms with Crippen molar-refractivity contribution in [2.45, 2.75) is 38.5 Å². The summed E-state index contributed by atoms with van der Waals surface area (Å²) in [5, 5.41) is 13.1. The van der Waals surface area contributed by atoms with Crippen LogP contribution in [-0.4, -0.2) is 36.1 Å². The molecule has 1 fully saturated rings. The number of oxime groups is 1. The van der Waals surface area contributed by atoms with Crippen LogP contribution >= 0.6 is 0 Å². The molecule has 6 heteroatoms. The van der Waals surface area contributed by atoms with Gasteiger partial charge < -0.3 is 14.7 Å². The van der Waals surface area contributed by atoms with Crippen molar-refractivity contribution in [3.63, 3.8) is 0 Å².